The molecule has 0 saturated heterocycles. The number of rotatable bonds is 3. The van der Waals surface area contributed by atoms with Gasteiger partial charge in [0.15, 0.2) is 0 Å². The summed E-state index contributed by atoms with van der Waals surface area (Å²) in [6.45, 7) is 6.33. The predicted octanol–water partition coefficient (Wildman–Crippen LogP) is 1.05. The van der Waals surface area contributed by atoms with Crippen LogP contribution in [0.3, 0.4) is 0 Å². The molecule has 8 heavy (non-hydrogen) atoms. The first-order valence-electron chi connectivity index (χ1n) is 1.97. The zero-order valence-electron chi connectivity index (χ0n) is 4.37. The Morgan fingerprint density at radius 2 is 2.12 bits per heavy atom. The summed E-state index contributed by atoms with van der Waals surface area (Å²) in [7, 11) is -3.28. The van der Waals surface area contributed by atoms with Gasteiger partial charge in [-0.1, -0.05) is 13.2 Å². The van der Waals surface area contributed by atoms with E-state index < -0.39 is 7.52 Å². The average Bonchev–Trinajstić information content (AvgIpc) is 1.67. The smallest absolute Gasteiger partial charge is 0.313 e. The third-order valence-corrected chi connectivity index (χ3v) is 1.57. The molecular formula is C4H8NO2P. The highest BCUT2D eigenvalue weighted by Gasteiger charge is 2.05. The number of nitrogens with one attached hydrogen (secondary N) is 1. The molecule has 1 unspecified atom stereocenters. The van der Waals surface area contributed by atoms with E-state index in [9.17, 15) is 4.57 Å². The Bertz CT molecular complexity index is 143. The fourth-order valence-corrected chi connectivity index (χ4v) is 0.551. The van der Waals surface area contributed by atoms with Crippen LogP contribution >= 0.6 is 7.52 Å². The summed E-state index contributed by atoms with van der Waals surface area (Å²) in [6.07, 6.45) is 1.16. The van der Waals surface area contributed by atoms with Crippen molar-refractivity contribution in [2.24, 2.45) is 0 Å². The van der Waals surface area contributed by atoms with E-state index in [-0.39, 0.29) is 0 Å². The summed E-state index contributed by atoms with van der Waals surface area (Å²) in [5, 5.41) is 2.13. The van der Waals surface area contributed by atoms with Crippen molar-refractivity contribution in [2.45, 2.75) is 0 Å². The first-order chi connectivity index (χ1) is 3.62. The van der Waals surface area contributed by atoms with Crippen LogP contribution < -0.4 is 5.09 Å². The van der Waals surface area contributed by atoms with Crippen LogP contribution in [-0.4, -0.2) is 4.89 Å². The lowest BCUT2D eigenvalue weighted by Crippen LogP contribution is -1.95. The summed E-state index contributed by atoms with van der Waals surface area (Å²) < 4.78 is 10.4. The van der Waals surface area contributed by atoms with E-state index in [1.165, 1.54) is 0 Å². The lowest BCUT2D eigenvalue weighted by atomic mass is 11.1. The molecule has 0 bridgehead atoms. The molecule has 46 valence electrons. The molecule has 0 radical (unpaired) electrons. The second-order valence-corrected chi connectivity index (χ2v) is 3.01. The lowest BCUT2D eigenvalue weighted by molar-refractivity contribution is 0.482. The van der Waals surface area contributed by atoms with Crippen LogP contribution in [0, 0.1) is 0 Å². The van der Waals surface area contributed by atoms with E-state index in [0.717, 1.165) is 12.0 Å². The first-order valence-corrected chi connectivity index (χ1v) is 3.70. The van der Waals surface area contributed by atoms with Crippen molar-refractivity contribution in [2.75, 3.05) is 0 Å². The molecule has 0 aromatic rings. The molecule has 3 nitrogen and oxygen atoms in total. The van der Waals surface area contributed by atoms with Gasteiger partial charge in [-0.25, -0.2) is 0 Å². The van der Waals surface area contributed by atoms with E-state index in [1.807, 2.05) is 0 Å². The van der Waals surface area contributed by atoms with Gasteiger partial charge in [-0.3, -0.25) is 4.57 Å². The molecule has 1 atom stereocenters. The van der Waals surface area contributed by atoms with Crippen molar-refractivity contribution in [3.8, 4) is 0 Å². The fourth-order valence-electron chi connectivity index (χ4n) is 0.184. The van der Waals surface area contributed by atoms with Crippen molar-refractivity contribution in [1.29, 1.82) is 0 Å². The van der Waals surface area contributed by atoms with Gasteiger partial charge in [-0.2, -0.15) is 0 Å². The van der Waals surface area contributed by atoms with Gasteiger partial charge < -0.3 is 9.98 Å². The highest BCUT2D eigenvalue weighted by atomic mass is 31.2. The molecule has 0 rings (SSSR count). The second kappa shape index (κ2) is 2.70. The van der Waals surface area contributed by atoms with Gasteiger partial charge in [0, 0.05) is 5.82 Å². The quantitative estimate of drug-likeness (QED) is 0.565. The summed E-state index contributed by atoms with van der Waals surface area (Å²) in [5.74, 6) is 0.953. The number of hydrogen-bond donors (Lipinski definition) is 2. The molecule has 0 heterocycles. The van der Waals surface area contributed by atoms with Crippen molar-refractivity contribution in [3.05, 3.63) is 25.2 Å². The van der Waals surface area contributed by atoms with Crippen molar-refractivity contribution < 1.29 is 9.46 Å². The maximum absolute atomic E-state index is 10.4. The van der Waals surface area contributed by atoms with Crippen LogP contribution in [0.25, 0.3) is 0 Å². The largest absolute Gasteiger partial charge is 0.326 e. The minimum atomic E-state index is -3.28. The Labute approximate surface area is 48.2 Å². The molecule has 0 aliphatic rings. The topological polar surface area (TPSA) is 49.3 Å². The minimum Gasteiger partial charge on any atom is -0.326 e. The van der Waals surface area contributed by atoms with E-state index in [0.29, 0.717) is 0 Å². The molecule has 0 fully saturated rings. The molecule has 4 heteroatoms. The van der Waals surface area contributed by atoms with E-state index in [2.05, 4.69) is 18.2 Å². The maximum Gasteiger partial charge on any atom is 0.313 e. The van der Waals surface area contributed by atoms with Gasteiger partial charge in [-0.05, 0) is 6.20 Å². The van der Waals surface area contributed by atoms with Gasteiger partial charge in [0.1, 0.15) is 0 Å². The summed E-state index contributed by atoms with van der Waals surface area (Å²) in [6, 6.07) is 0. The molecule has 0 aliphatic heterocycles. The Morgan fingerprint density at radius 3 is 2.25 bits per heavy atom. The van der Waals surface area contributed by atoms with E-state index in [4.69, 9.17) is 4.89 Å². The predicted molar refractivity (Wildman–Crippen MR) is 33.4 cm³/mol. The minimum absolute atomic E-state index is 0.953. The molecular weight excluding hydrogens is 125 g/mol. The van der Waals surface area contributed by atoms with Crippen LogP contribution in [0.2, 0.25) is 0 Å². The van der Waals surface area contributed by atoms with Crippen LogP contribution in [-0.2, 0) is 4.57 Å². The molecule has 2 N–H and O–H groups in total. The lowest BCUT2D eigenvalue weighted by Gasteiger charge is -2.01. The molecule has 0 aromatic heterocycles. The zero-order valence-corrected chi connectivity index (χ0v) is 5.27. The highest BCUT2D eigenvalue weighted by Crippen LogP contribution is 2.35. The third kappa shape index (κ3) is 2.61. The Hall–Kier alpha value is -0.530. The second-order valence-electron chi connectivity index (χ2n) is 1.14. The standard InChI is InChI=1S/C4H8NO2P/c1-3-5-8(6,7)4-2/h3-4H,1-2H2,(H2,5,6,7). The molecule has 0 aromatic carbocycles. The van der Waals surface area contributed by atoms with Crippen LogP contribution in [0.5, 0.6) is 0 Å². The normalized spacial score (nSPS) is 16.1. The molecule has 0 saturated carbocycles. The van der Waals surface area contributed by atoms with Gasteiger partial charge in [0.25, 0.3) is 0 Å². The summed E-state index contributed by atoms with van der Waals surface area (Å²) in [5.41, 5.74) is 0. The fraction of sp³-hybridized carbons (Fsp3) is 0. The van der Waals surface area contributed by atoms with Gasteiger partial charge >= 0.3 is 7.52 Å². The number of hydrogen-bond acceptors (Lipinski definition) is 1. The zero-order chi connectivity index (χ0) is 6.62. The Balaban J connectivity index is 3.91. The van der Waals surface area contributed by atoms with Crippen LogP contribution in [0.4, 0.5) is 0 Å². The third-order valence-electron chi connectivity index (χ3n) is 0.524. The monoisotopic (exact) mass is 133 g/mol. The summed E-state index contributed by atoms with van der Waals surface area (Å²) >= 11 is 0. The van der Waals surface area contributed by atoms with Crippen molar-refractivity contribution in [3.63, 3.8) is 0 Å². The van der Waals surface area contributed by atoms with Crippen LogP contribution in [0.1, 0.15) is 0 Å². The molecule has 0 spiro atoms. The van der Waals surface area contributed by atoms with Gasteiger partial charge in [0.05, 0.1) is 0 Å². The molecule has 0 amide bonds. The summed E-state index contributed by atoms with van der Waals surface area (Å²) in [4.78, 5) is 8.58. The maximum atomic E-state index is 10.4. The Morgan fingerprint density at radius 1 is 1.62 bits per heavy atom. The van der Waals surface area contributed by atoms with Crippen molar-refractivity contribution >= 4 is 7.52 Å². The first kappa shape index (κ1) is 7.47. The van der Waals surface area contributed by atoms with Gasteiger partial charge in [-0.15, -0.1) is 0 Å². The average molecular weight is 133 g/mol. The van der Waals surface area contributed by atoms with Crippen LogP contribution in [0.15, 0.2) is 25.2 Å². The molecule has 0 aliphatic carbocycles. The van der Waals surface area contributed by atoms with Crippen molar-refractivity contribution in [1.82, 2.24) is 5.09 Å². The Kier molecular flexibility index (Phi) is 2.52. The van der Waals surface area contributed by atoms with E-state index >= 15 is 0 Å². The van der Waals surface area contributed by atoms with E-state index in [1.54, 1.807) is 0 Å². The SMILES string of the molecule is C=CNP(=O)(O)C=C. The van der Waals surface area contributed by atoms with Gasteiger partial charge in [0.2, 0.25) is 0 Å². The highest BCUT2D eigenvalue weighted by molar-refractivity contribution is 7.59.